The summed E-state index contributed by atoms with van der Waals surface area (Å²) >= 11 is 1.06. The molecule has 1 atom stereocenters. The van der Waals surface area contributed by atoms with Gasteiger partial charge >= 0.3 is 13.3 Å². The lowest BCUT2D eigenvalue weighted by molar-refractivity contribution is -0.132. The molecule has 2 aliphatic heterocycles. The molecule has 12 nitrogen and oxygen atoms in total. The SMILES string of the molecule is C=N/N=C\N(C)CC1CN(C=O)C1.CCC[C@H](NC(=O)c1cc2cc(C(F)(F)P(=O)(O)O)ccc2s1)C(=O)N1CCCC1. The summed E-state index contributed by atoms with van der Waals surface area (Å²) in [7, 11) is -3.75. The molecule has 0 unspecified atom stereocenters. The van der Waals surface area contributed by atoms with Crippen molar-refractivity contribution in [1.29, 1.82) is 0 Å². The lowest BCUT2D eigenvalue weighted by Gasteiger charge is -2.37. The zero-order valence-corrected chi connectivity index (χ0v) is 25.8. The van der Waals surface area contributed by atoms with Gasteiger partial charge in [-0.05, 0) is 42.8 Å². The third-order valence-corrected chi connectivity index (χ3v) is 9.17. The van der Waals surface area contributed by atoms with Gasteiger partial charge in [0.1, 0.15) is 12.4 Å². The molecule has 2 aromatic rings. The van der Waals surface area contributed by atoms with E-state index in [1.165, 1.54) is 12.1 Å². The highest BCUT2D eigenvalue weighted by molar-refractivity contribution is 7.52. The Morgan fingerprint density at radius 1 is 1.28 bits per heavy atom. The normalized spacial score (nSPS) is 16.4. The molecular formula is C27H37F2N6O6PS. The van der Waals surface area contributed by atoms with Crippen LogP contribution < -0.4 is 5.32 Å². The lowest BCUT2D eigenvalue weighted by Crippen LogP contribution is -2.49. The average molecular weight is 643 g/mol. The molecule has 3 amide bonds. The molecule has 236 valence electrons. The van der Waals surface area contributed by atoms with Crippen molar-refractivity contribution < 1.29 is 37.5 Å². The molecule has 0 bridgehead atoms. The number of likely N-dealkylation sites (tertiary alicyclic amines) is 2. The van der Waals surface area contributed by atoms with Crippen molar-refractivity contribution in [3.63, 3.8) is 0 Å². The maximum absolute atomic E-state index is 14.0. The molecule has 16 heteroatoms. The monoisotopic (exact) mass is 642 g/mol. The van der Waals surface area contributed by atoms with Gasteiger partial charge in [-0.2, -0.15) is 13.9 Å². The molecule has 2 aliphatic rings. The van der Waals surface area contributed by atoms with E-state index in [1.54, 1.807) is 16.1 Å². The summed E-state index contributed by atoms with van der Waals surface area (Å²) in [6.45, 7) is 9.11. The number of carbonyl (C=O) groups is 3. The first-order chi connectivity index (χ1) is 20.3. The lowest BCUT2D eigenvalue weighted by atomic mass is 10.0. The number of benzene rings is 1. The smallest absolute Gasteiger partial charge is 0.364 e. The molecule has 1 aromatic heterocycles. The fourth-order valence-electron chi connectivity index (χ4n) is 4.83. The Morgan fingerprint density at radius 3 is 2.53 bits per heavy atom. The van der Waals surface area contributed by atoms with Gasteiger partial charge < -0.3 is 29.8 Å². The Bertz CT molecular complexity index is 1370. The number of nitrogens with zero attached hydrogens (tertiary/aromatic N) is 5. The van der Waals surface area contributed by atoms with Crippen molar-refractivity contribution >= 4 is 60.3 Å². The number of carbonyl (C=O) groups excluding carboxylic acids is 3. The summed E-state index contributed by atoms with van der Waals surface area (Å²) in [5, 5.41) is 10.0. The predicted molar refractivity (Wildman–Crippen MR) is 162 cm³/mol. The van der Waals surface area contributed by atoms with Crippen LogP contribution in [0.25, 0.3) is 10.1 Å². The molecule has 4 rings (SSSR count). The number of hydrogen-bond acceptors (Lipinski definition) is 7. The average Bonchev–Trinajstić information content (AvgIpc) is 3.63. The largest absolute Gasteiger partial charge is 0.399 e. The summed E-state index contributed by atoms with van der Waals surface area (Å²) in [5.74, 6) is -0.0376. The van der Waals surface area contributed by atoms with Crippen LogP contribution in [-0.2, 0) is 19.8 Å². The zero-order valence-electron chi connectivity index (χ0n) is 24.1. The van der Waals surface area contributed by atoms with Gasteiger partial charge in [0.25, 0.3) is 5.91 Å². The molecule has 3 N–H and O–H groups in total. The van der Waals surface area contributed by atoms with Crippen molar-refractivity contribution in [2.24, 2.45) is 16.1 Å². The first-order valence-electron chi connectivity index (χ1n) is 13.8. The van der Waals surface area contributed by atoms with Crippen LogP contribution in [0, 0.1) is 5.92 Å². The third kappa shape index (κ3) is 8.88. The zero-order chi connectivity index (χ0) is 31.8. The van der Waals surface area contributed by atoms with Gasteiger partial charge in [-0.15, -0.1) is 16.4 Å². The number of alkyl halides is 2. The van der Waals surface area contributed by atoms with E-state index in [2.05, 4.69) is 22.2 Å². The minimum absolute atomic E-state index is 0.118. The number of hydrogen-bond donors (Lipinski definition) is 3. The number of nitrogens with one attached hydrogen (secondary N) is 1. The molecule has 0 spiro atoms. The highest BCUT2D eigenvalue weighted by atomic mass is 32.1. The molecule has 3 heterocycles. The van der Waals surface area contributed by atoms with Crippen LogP contribution in [0.1, 0.15) is 47.8 Å². The maximum Gasteiger partial charge on any atom is 0.399 e. The summed E-state index contributed by atoms with van der Waals surface area (Å²) < 4.78 is 39.6. The van der Waals surface area contributed by atoms with Gasteiger partial charge in [-0.25, -0.2) is 0 Å². The molecule has 0 radical (unpaired) electrons. The fraction of sp³-hybridized carbons (Fsp3) is 0.519. The predicted octanol–water partition coefficient (Wildman–Crippen LogP) is 3.30. The second-order valence-electron chi connectivity index (χ2n) is 10.5. The Balaban J connectivity index is 0.000000326. The van der Waals surface area contributed by atoms with E-state index < -0.39 is 30.8 Å². The van der Waals surface area contributed by atoms with Crippen molar-refractivity contribution in [1.82, 2.24) is 20.0 Å². The fourth-order valence-corrected chi connectivity index (χ4v) is 6.26. The number of thiophene rings is 1. The highest BCUT2D eigenvalue weighted by Crippen LogP contribution is 2.59. The number of halogens is 2. The van der Waals surface area contributed by atoms with Crippen molar-refractivity contribution in [2.75, 3.05) is 39.8 Å². The van der Waals surface area contributed by atoms with Crippen molar-refractivity contribution in [2.45, 2.75) is 44.3 Å². The summed E-state index contributed by atoms with van der Waals surface area (Å²) in [6, 6.07) is 3.95. The van der Waals surface area contributed by atoms with Crippen LogP contribution in [0.4, 0.5) is 8.78 Å². The minimum Gasteiger partial charge on any atom is -0.364 e. The van der Waals surface area contributed by atoms with Crippen LogP contribution in [-0.4, -0.2) is 102 Å². The Morgan fingerprint density at radius 2 is 1.95 bits per heavy atom. The van der Waals surface area contributed by atoms with Gasteiger partial charge in [-0.1, -0.05) is 19.4 Å². The van der Waals surface area contributed by atoms with Gasteiger partial charge in [0.05, 0.1) is 4.88 Å². The van der Waals surface area contributed by atoms with E-state index >= 15 is 0 Å². The third-order valence-electron chi connectivity index (χ3n) is 7.06. The first kappa shape index (κ1) is 34.2. The van der Waals surface area contributed by atoms with E-state index in [1.807, 2.05) is 18.9 Å². The van der Waals surface area contributed by atoms with Gasteiger partial charge in [-0.3, -0.25) is 18.9 Å². The highest BCUT2D eigenvalue weighted by Gasteiger charge is 2.50. The second-order valence-corrected chi connectivity index (χ2v) is 13.3. The first-order valence-corrected chi connectivity index (χ1v) is 16.2. The Hall–Kier alpha value is -3.26. The summed E-state index contributed by atoms with van der Waals surface area (Å²) in [5.41, 5.74) is -5.14. The van der Waals surface area contributed by atoms with E-state index in [0.717, 1.165) is 62.4 Å². The molecule has 2 fully saturated rings. The number of amides is 3. The van der Waals surface area contributed by atoms with Crippen molar-refractivity contribution in [3.05, 3.63) is 34.7 Å². The van der Waals surface area contributed by atoms with Gasteiger partial charge in [0.2, 0.25) is 12.3 Å². The topological polar surface area (TPSA) is 155 Å². The number of fused-ring (bicyclic) bond motifs is 1. The molecule has 0 aliphatic carbocycles. The van der Waals surface area contributed by atoms with E-state index in [9.17, 15) is 27.7 Å². The Labute approximate surface area is 252 Å². The van der Waals surface area contributed by atoms with Gasteiger partial charge in [0, 0.05) is 62.7 Å². The Kier molecular flexibility index (Phi) is 11.9. The van der Waals surface area contributed by atoms with Crippen molar-refractivity contribution in [3.8, 4) is 0 Å². The molecular weight excluding hydrogens is 605 g/mol. The van der Waals surface area contributed by atoms with E-state index in [4.69, 9.17) is 9.79 Å². The van der Waals surface area contributed by atoms with Gasteiger partial charge in [0.15, 0.2) is 0 Å². The second kappa shape index (κ2) is 15.0. The summed E-state index contributed by atoms with van der Waals surface area (Å²) in [4.78, 5) is 59.2. The minimum atomic E-state index is -5.68. The van der Waals surface area contributed by atoms with Crippen LogP contribution in [0.15, 0.2) is 34.5 Å². The standard InChI is InChI=1S/C19H23F2N2O5PS.C8H14N4O/c1-2-5-14(18(25)23-8-3-4-9-23)22-17(24)16-11-12-10-13(6-7-15(12)30-16)19(20,21)29(26,27)28;1-9-10-6-11(2)3-8-4-12(5-8)7-13/h6-7,10-11,14H,2-5,8-9H2,1H3,(H,22,24)(H2,26,27,28);6-8H,1,3-5H2,2H3/b;10-6-/t14-;/m0./s1. The van der Waals surface area contributed by atoms with Crippen LogP contribution in [0.3, 0.4) is 0 Å². The van der Waals surface area contributed by atoms with E-state index in [-0.39, 0.29) is 16.2 Å². The molecule has 2 saturated heterocycles. The molecule has 0 saturated carbocycles. The van der Waals surface area contributed by atoms with Crippen LogP contribution >= 0.6 is 18.9 Å². The molecule has 43 heavy (non-hydrogen) atoms. The maximum atomic E-state index is 14.0. The molecule has 1 aromatic carbocycles. The van der Waals surface area contributed by atoms with E-state index in [0.29, 0.717) is 36.5 Å². The number of rotatable bonds is 12. The van der Waals surface area contributed by atoms with Crippen LogP contribution in [0.5, 0.6) is 0 Å². The van der Waals surface area contributed by atoms with Crippen LogP contribution in [0.2, 0.25) is 0 Å². The quantitative estimate of drug-likeness (QED) is 0.106. The summed E-state index contributed by atoms with van der Waals surface area (Å²) in [6.07, 6.45) is 5.60.